The van der Waals surface area contributed by atoms with E-state index in [1.165, 1.54) is 0 Å². The molecule has 0 aromatic carbocycles. The summed E-state index contributed by atoms with van der Waals surface area (Å²) in [5.74, 6) is 0. The number of nitrogens with one attached hydrogen (secondary N) is 1. The number of hydrogen-bond acceptors (Lipinski definition) is 4. The molecule has 2 aromatic heterocycles. The van der Waals surface area contributed by atoms with Crippen LogP contribution in [0.1, 0.15) is 16.1 Å². The molecule has 0 atom stereocenters. The third-order valence-corrected chi connectivity index (χ3v) is 3.38. The molecule has 6 heteroatoms. The molecule has 0 saturated carbocycles. The Morgan fingerprint density at radius 3 is 2.82 bits per heavy atom. The maximum absolute atomic E-state index is 11.8. The molecule has 0 spiro atoms. The number of rotatable bonds is 2. The molecule has 0 aliphatic carbocycles. The molecule has 1 amide bonds. The van der Waals surface area contributed by atoms with Crippen molar-refractivity contribution in [1.82, 2.24) is 10.1 Å². The Hall–Kier alpha value is -1.82. The van der Waals surface area contributed by atoms with Crippen LogP contribution in [0.25, 0.3) is 0 Å². The molecule has 0 fully saturated rings. The molecule has 17 heavy (non-hydrogen) atoms. The van der Waals surface area contributed by atoms with E-state index < -0.39 is 11.7 Å². The minimum Gasteiger partial charge on any atom is -0.330 e. The van der Waals surface area contributed by atoms with E-state index in [4.69, 9.17) is 4.52 Å². The third-order valence-electron chi connectivity index (χ3n) is 2.51. The molecule has 0 aliphatic rings. The smallest absolute Gasteiger partial charge is 0.330 e. The molecule has 0 bridgehead atoms. The molecule has 0 radical (unpaired) electrons. The number of nitrogens with zero attached hydrogens (tertiary/aromatic N) is 1. The standard InChI is InChI=1S/C11H12N2O3S/c1-7-8(2)13(16-10(7)14)11(15)12-6-9-4-3-5-17-9/h3-5H,6H2,1-2H3,(H,12,15). The van der Waals surface area contributed by atoms with Crippen LogP contribution in [-0.2, 0) is 6.54 Å². The topological polar surface area (TPSA) is 64.2 Å². The van der Waals surface area contributed by atoms with Gasteiger partial charge < -0.3 is 9.84 Å². The van der Waals surface area contributed by atoms with Gasteiger partial charge in [0.2, 0.25) is 0 Å². The zero-order valence-electron chi connectivity index (χ0n) is 9.52. The molecule has 5 nitrogen and oxygen atoms in total. The molecular weight excluding hydrogens is 240 g/mol. The molecular formula is C11H12N2O3S. The summed E-state index contributed by atoms with van der Waals surface area (Å²) in [4.78, 5) is 24.0. The second-order valence-corrected chi connectivity index (χ2v) is 4.65. The first-order chi connectivity index (χ1) is 8.09. The Bertz CT molecular complexity index is 580. The maximum Gasteiger partial charge on any atom is 0.361 e. The number of carbonyl (C=O) groups excluding carboxylic acids is 1. The Morgan fingerprint density at radius 2 is 2.29 bits per heavy atom. The minimum absolute atomic E-state index is 0.427. The highest BCUT2D eigenvalue weighted by Gasteiger charge is 2.14. The van der Waals surface area contributed by atoms with Crippen LogP contribution >= 0.6 is 11.3 Å². The number of amides is 1. The highest BCUT2D eigenvalue weighted by Crippen LogP contribution is 2.08. The summed E-state index contributed by atoms with van der Waals surface area (Å²) in [5, 5.41) is 4.62. The van der Waals surface area contributed by atoms with Crippen molar-refractivity contribution >= 4 is 17.4 Å². The van der Waals surface area contributed by atoms with Crippen LogP contribution in [0.4, 0.5) is 4.79 Å². The van der Waals surface area contributed by atoms with E-state index in [2.05, 4.69) is 5.32 Å². The van der Waals surface area contributed by atoms with E-state index >= 15 is 0 Å². The highest BCUT2D eigenvalue weighted by molar-refractivity contribution is 7.09. The molecule has 90 valence electrons. The fraction of sp³-hybridized carbons (Fsp3) is 0.273. The van der Waals surface area contributed by atoms with Crippen molar-refractivity contribution in [3.63, 3.8) is 0 Å². The number of aromatic nitrogens is 1. The fourth-order valence-corrected chi connectivity index (χ4v) is 2.01. The van der Waals surface area contributed by atoms with Crippen molar-refractivity contribution in [2.24, 2.45) is 0 Å². The first kappa shape index (κ1) is 11.7. The van der Waals surface area contributed by atoms with Crippen molar-refractivity contribution in [2.45, 2.75) is 20.4 Å². The minimum atomic E-state index is -0.478. The van der Waals surface area contributed by atoms with Crippen LogP contribution in [0, 0.1) is 13.8 Å². The van der Waals surface area contributed by atoms with Gasteiger partial charge >= 0.3 is 11.7 Å². The van der Waals surface area contributed by atoms with Gasteiger partial charge in [-0.2, -0.15) is 0 Å². The van der Waals surface area contributed by atoms with Gasteiger partial charge in [0.05, 0.1) is 17.8 Å². The van der Waals surface area contributed by atoms with Gasteiger partial charge in [-0.1, -0.05) is 6.07 Å². The van der Waals surface area contributed by atoms with E-state index in [1.807, 2.05) is 17.5 Å². The summed E-state index contributed by atoms with van der Waals surface area (Å²) in [5.41, 5.74) is 0.503. The summed E-state index contributed by atoms with van der Waals surface area (Å²) in [6.45, 7) is 3.73. The predicted octanol–water partition coefficient (Wildman–Crippen LogP) is 1.88. The Labute approximate surface area is 102 Å². The average Bonchev–Trinajstić information content (AvgIpc) is 2.91. The lowest BCUT2D eigenvalue weighted by molar-refractivity contribution is 0.205. The third kappa shape index (κ3) is 2.31. The average molecular weight is 252 g/mol. The van der Waals surface area contributed by atoms with Crippen LogP contribution in [0.5, 0.6) is 0 Å². The molecule has 0 unspecified atom stereocenters. The van der Waals surface area contributed by atoms with Crippen molar-refractivity contribution in [3.05, 3.63) is 44.1 Å². The highest BCUT2D eigenvalue weighted by atomic mass is 32.1. The lowest BCUT2D eigenvalue weighted by atomic mass is 10.3. The van der Waals surface area contributed by atoms with E-state index in [-0.39, 0.29) is 0 Å². The monoisotopic (exact) mass is 252 g/mol. The molecule has 2 aromatic rings. The quantitative estimate of drug-likeness (QED) is 0.887. The SMILES string of the molecule is Cc1c(C)n(C(=O)NCc2cccs2)oc1=O. The van der Waals surface area contributed by atoms with Crippen molar-refractivity contribution < 1.29 is 9.32 Å². The summed E-state index contributed by atoms with van der Waals surface area (Å²) in [6.07, 6.45) is 0. The molecule has 2 rings (SSSR count). The van der Waals surface area contributed by atoms with E-state index in [0.717, 1.165) is 9.62 Å². The first-order valence-electron chi connectivity index (χ1n) is 5.09. The summed E-state index contributed by atoms with van der Waals surface area (Å²) in [6, 6.07) is 3.41. The van der Waals surface area contributed by atoms with Crippen molar-refractivity contribution in [3.8, 4) is 0 Å². The Kier molecular flexibility index (Phi) is 3.14. The normalized spacial score (nSPS) is 10.5. The van der Waals surface area contributed by atoms with Gasteiger partial charge in [0, 0.05) is 4.88 Å². The number of carbonyl (C=O) groups is 1. The van der Waals surface area contributed by atoms with Gasteiger partial charge in [0.15, 0.2) is 0 Å². The van der Waals surface area contributed by atoms with Crippen LogP contribution in [-0.4, -0.2) is 10.8 Å². The zero-order valence-corrected chi connectivity index (χ0v) is 10.3. The fourth-order valence-electron chi connectivity index (χ4n) is 1.36. The van der Waals surface area contributed by atoms with Crippen LogP contribution in [0.15, 0.2) is 26.8 Å². The first-order valence-corrected chi connectivity index (χ1v) is 5.97. The van der Waals surface area contributed by atoms with Crippen molar-refractivity contribution in [2.75, 3.05) is 0 Å². The number of hydrogen-bond donors (Lipinski definition) is 1. The zero-order chi connectivity index (χ0) is 12.4. The number of thiophene rings is 1. The second kappa shape index (κ2) is 4.58. The Balaban J connectivity index is 2.10. The van der Waals surface area contributed by atoms with Gasteiger partial charge in [-0.05, 0) is 25.3 Å². The van der Waals surface area contributed by atoms with E-state index in [9.17, 15) is 9.59 Å². The molecule has 2 heterocycles. The van der Waals surface area contributed by atoms with Crippen LogP contribution in [0.3, 0.4) is 0 Å². The van der Waals surface area contributed by atoms with Gasteiger partial charge in [-0.25, -0.2) is 9.59 Å². The maximum atomic E-state index is 11.8. The van der Waals surface area contributed by atoms with Crippen LogP contribution < -0.4 is 10.9 Å². The van der Waals surface area contributed by atoms with E-state index in [0.29, 0.717) is 17.8 Å². The predicted molar refractivity (Wildman–Crippen MR) is 64.4 cm³/mol. The van der Waals surface area contributed by atoms with Gasteiger partial charge in [0.25, 0.3) is 0 Å². The lowest BCUT2D eigenvalue weighted by Gasteiger charge is -2.03. The van der Waals surface area contributed by atoms with Gasteiger partial charge in [0.1, 0.15) is 0 Å². The van der Waals surface area contributed by atoms with E-state index in [1.54, 1.807) is 25.2 Å². The molecule has 1 N–H and O–H groups in total. The van der Waals surface area contributed by atoms with Gasteiger partial charge in [-0.15, -0.1) is 16.1 Å². The molecule has 0 saturated heterocycles. The second-order valence-electron chi connectivity index (χ2n) is 3.62. The largest absolute Gasteiger partial charge is 0.361 e. The Morgan fingerprint density at radius 1 is 1.53 bits per heavy atom. The summed E-state index contributed by atoms with van der Waals surface area (Å²) >= 11 is 1.56. The lowest BCUT2D eigenvalue weighted by Crippen LogP contribution is -2.28. The van der Waals surface area contributed by atoms with Gasteiger partial charge in [-0.3, -0.25) is 0 Å². The summed E-state index contributed by atoms with van der Waals surface area (Å²) in [7, 11) is 0. The molecule has 0 aliphatic heterocycles. The van der Waals surface area contributed by atoms with Crippen molar-refractivity contribution in [1.29, 1.82) is 0 Å². The van der Waals surface area contributed by atoms with Crippen LogP contribution in [0.2, 0.25) is 0 Å². The summed E-state index contributed by atoms with van der Waals surface area (Å²) < 4.78 is 5.82.